The minimum Gasteiger partial charge on any atom is -0.339 e. The Morgan fingerprint density at radius 2 is 2.28 bits per heavy atom. The summed E-state index contributed by atoms with van der Waals surface area (Å²) in [6.07, 6.45) is 3.57. The number of hydrogen-bond acceptors (Lipinski definition) is 5. The standard InChI is InChI=1S/C13H18N4O/c1-3-7-14-10(2)9-12-16-13(17-18-12)11-6-4-5-8-15-11/h4-6,8,10,14H,3,7,9H2,1-2H3. The molecule has 0 saturated carbocycles. The fourth-order valence-corrected chi connectivity index (χ4v) is 1.66. The number of pyridine rings is 1. The van der Waals surface area contributed by atoms with Crippen molar-refractivity contribution in [1.29, 1.82) is 0 Å². The van der Waals surface area contributed by atoms with Crippen molar-refractivity contribution in [2.24, 2.45) is 0 Å². The lowest BCUT2D eigenvalue weighted by Gasteiger charge is -2.09. The van der Waals surface area contributed by atoms with Crippen molar-refractivity contribution in [1.82, 2.24) is 20.4 Å². The molecule has 96 valence electrons. The highest BCUT2D eigenvalue weighted by Crippen LogP contribution is 2.12. The highest BCUT2D eigenvalue weighted by atomic mass is 16.5. The Labute approximate surface area is 107 Å². The lowest BCUT2D eigenvalue weighted by atomic mass is 10.2. The number of aromatic nitrogens is 3. The lowest BCUT2D eigenvalue weighted by Crippen LogP contribution is -2.28. The second-order valence-electron chi connectivity index (χ2n) is 4.29. The van der Waals surface area contributed by atoms with Crippen molar-refractivity contribution in [2.75, 3.05) is 6.54 Å². The van der Waals surface area contributed by atoms with Gasteiger partial charge in [-0.15, -0.1) is 0 Å². The molecule has 0 bridgehead atoms. The number of hydrogen-bond donors (Lipinski definition) is 1. The van der Waals surface area contributed by atoms with Gasteiger partial charge in [-0.2, -0.15) is 4.98 Å². The van der Waals surface area contributed by atoms with E-state index < -0.39 is 0 Å². The van der Waals surface area contributed by atoms with Gasteiger partial charge in [0.25, 0.3) is 0 Å². The molecule has 0 aliphatic heterocycles. The van der Waals surface area contributed by atoms with E-state index in [9.17, 15) is 0 Å². The maximum Gasteiger partial charge on any atom is 0.228 e. The average Bonchev–Trinajstić information content (AvgIpc) is 2.86. The van der Waals surface area contributed by atoms with E-state index >= 15 is 0 Å². The molecule has 0 saturated heterocycles. The first kappa shape index (κ1) is 12.7. The molecule has 5 nitrogen and oxygen atoms in total. The fraction of sp³-hybridized carbons (Fsp3) is 0.462. The van der Waals surface area contributed by atoms with Crippen LogP contribution in [-0.4, -0.2) is 27.7 Å². The summed E-state index contributed by atoms with van der Waals surface area (Å²) in [5.74, 6) is 1.19. The molecule has 0 fully saturated rings. The smallest absolute Gasteiger partial charge is 0.228 e. The first-order chi connectivity index (χ1) is 8.79. The van der Waals surface area contributed by atoms with E-state index in [0.29, 0.717) is 17.8 Å². The molecule has 2 rings (SSSR count). The number of nitrogens with one attached hydrogen (secondary N) is 1. The Hall–Kier alpha value is -1.75. The SMILES string of the molecule is CCCNC(C)Cc1nc(-c2ccccn2)no1. The molecule has 5 heteroatoms. The van der Waals surface area contributed by atoms with Gasteiger partial charge < -0.3 is 9.84 Å². The summed E-state index contributed by atoms with van der Waals surface area (Å²) in [5, 5.41) is 7.33. The molecule has 2 aromatic heterocycles. The van der Waals surface area contributed by atoms with Crippen LogP contribution in [0.4, 0.5) is 0 Å². The van der Waals surface area contributed by atoms with Gasteiger partial charge in [-0.1, -0.05) is 18.1 Å². The van der Waals surface area contributed by atoms with E-state index in [0.717, 1.165) is 25.1 Å². The zero-order valence-corrected chi connectivity index (χ0v) is 10.8. The summed E-state index contributed by atoms with van der Waals surface area (Å²) in [6, 6.07) is 5.97. The molecule has 0 spiro atoms. The average molecular weight is 246 g/mol. The first-order valence-corrected chi connectivity index (χ1v) is 6.27. The van der Waals surface area contributed by atoms with E-state index in [2.05, 4.69) is 34.3 Å². The summed E-state index contributed by atoms with van der Waals surface area (Å²) in [7, 11) is 0. The van der Waals surface area contributed by atoms with Crippen molar-refractivity contribution < 1.29 is 4.52 Å². The van der Waals surface area contributed by atoms with Crippen LogP contribution in [0.25, 0.3) is 11.5 Å². The molecule has 0 aliphatic carbocycles. The summed E-state index contributed by atoms with van der Waals surface area (Å²) in [5.41, 5.74) is 0.738. The summed E-state index contributed by atoms with van der Waals surface area (Å²) in [6.45, 7) is 5.26. The van der Waals surface area contributed by atoms with Crippen molar-refractivity contribution in [3.05, 3.63) is 30.3 Å². The Kier molecular flexibility index (Phi) is 4.41. The van der Waals surface area contributed by atoms with Gasteiger partial charge in [0, 0.05) is 18.7 Å². The normalized spacial score (nSPS) is 12.6. The number of rotatable bonds is 6. The van der Waals surface area contributed by atoms with Crippen molar-refractivity contribution >= 4 is 0 Å². The highest BCUT2D eigenvalue weighted by molar-refractivity contribution is 5.46. The summed E-state index contributed by atoms with van der Waals surface area (Å²) < 4.78 is 5.23. The van der Waals surface area contributed by atoms with Gasteiger partial charge in [0.05, 0.1) is 0 Å². The quantitative estimate of drug-likeness (QED) is 0.845. The zero-order valence-electron chi connectivity index (χ0n) is 10.8. The van der Waals surface area contributed by atoms with Crippen molar-refractivity contribution in [3.8, 4) is 11.5 Å². The first-order valence-electron chi connectivity index (χ1n) is 6.27. The molecule has 0 aliphatic rings. The van der Waals surface area contributed by atoms with Crippen LogP contribution in [-0.2, 0) is 6.42 Å². The van der Waals surface area contributed by atoms with Gasteiger partial charge in [-0.05, 0) is 32.0 Å². The molecule has 0 radical (unpaired) electrons. The van der Waals surface area contributed by atoms with Crippen LogP contribution >= 0.6 is 0 Å². The third-order valence-corrected chi connectivity index (χ3v) is 2.59. The van der Waals surface area contributed by atoms with Crippen molar-refractivity contribution in [2.45, 2.75) is 32.7 Å². The predicted octanol–water partition coefficient (Wildman–Crippen LogP) is 2.06. The molecule has 0 aromatic carbocycles. The minimum absolute atomic E-state index is 0.335. The maximum absolute atomic E-state index is 5.23. The Morgan fingerprint density at radius 3 is 3.00 bits per heavy atom. The molecule has 1 N–H and O–H groups in total. The second kappa shape index (κ2) is 6.26. The third-order valence-electron chi connectivity index (χ3n) is 2.59. The topological polar surface area (TPSA) is 63.8 Å². The molecule has 2 heterocycles. The van der Waals surface area contributed by atoms with E-state index in [-0.39, 0.29) is 0 Å². The maximum atomic E-state index is 5.23. The van der Waals surface area contributed by atoms with E-state index in [1.54, 1.807) is 6.20 Å². The molecule has 0 amide bonds. The van der Waals surface area contributed by atoms with Gasteiger partial charge >= 0.3 is 0 Å². The lowest BCUT2D eigenvalue weighted by molar-refractivity contribution is 0.362. The molecular formula is C13H18N4O. The van der Waals surface area contributed by atoms with E-state index in [1.165, 1.54) is 0 Å². The monoisotopic (exact) mass is 246 g/mol. The van der Waals surface area contributed by atoms with Gasteiger partial charge in [0.1, 0.15) is 5.69 Å². The van der Waals surface area contributed by atoms with Crippen LogP contribution in [0.1, 0.15) is 26.2 Å². The second-order valence-corrected chi connectivity index (χ2v) is 4.29. The summed E-state index contributed by atoms with van der Waals surface area (Å²) >= 11 is 0. The minimum atomic E-state index is 0.335. The highest BCUT2D eigenvalue weighted by Gasteiger charge is 2.11. The predicted molar refractivity (Wildman–Crippen MR) is 69.0 cm³/mol. The van der Waals surface area contributed by atoms with Crippen molar-refractivity contribution in [3.63, 3.8) is 0 Å². The van der Waals surface area contributed by atoms with Crippen LogP contribution in [0.3, 0.4) is 0 Å². The Bertz CT molecular complexity index is 469. The van der Waals surface area contributed by atoms with Gasteiger partial charge in [-0.25, -0.2) is 0 Å². The van der Waals surface area contributed by atoms with Crippen LogP contribution < -0.4 is 5.32 Å². The molecule has 1 atom stereocenters. The largest absolute Gasteiger partial charge is 0.339 e. The van der Waals surface area contributed by atoms with Gasteiger partial charge in [0.15, 0.2) is 0 Å². The van der Waals surface area contributed by atoms with Crippen LogP contribution in [0.2, 0.25) is 0 Å². The molecule has 1 unspecified atom stereocenters. The molecule has 18 heavy (non-hydrogen) atoms. The summed E-state index contributed by atoms with van der Waals surface area (Å²) in [4.78, 5) is 8.54. The Balaban J connectivity index is 1.98. The van der Waals surface area contributed by atoms with Gasteiger partial charge in [-0.3, -0.25) is 4.98 Å². The molecular weight excluding hydrogens is 228 g/mol. The van der Waals surface area contributed by atoms with Crippen LogP contribution in [0.5, 0.6) is 0 Å². The van der Waals surface area contributed by atoms with Crippen LogP contribution in [0, 0.1) is 0 Å². The molecule has 2 aromatic rings. The van der Waals surface area contributed by atoms with Crippen LogP contribution in [0.15, 0.2) is 28.9 Å². The van der Waals surface area contributed by atoms with Gasteiger partial charge in [0.2, 0.25) is 11.7 Å². The fourth-order valence-electron chi connectivity index (χ4n) is 1.66. The third kappa shape index (κ3) is 3.37. The van der Waals surface area contributed by atoms with E-state index in [1.807, 2.05) is 18.2 Å². The number of nitrogens with zero attached hydrogens (tertiary/aromatic N) is 3. The zero-order chi connectivity index (χ0) is 12.8. The Morgan fingerprint density at radius 1 is 1.39 bits per heavy atom. The van der Waals surface area contributed by atoms with E-state index in [4.69, 9.17) is 4.52 Å².